The summed E-state index contributed by atoms with van der Waals surface area (Å²) in [6.45, 7) is 10.9. The van der Waals surface area contributed by atoms with E-state index in [-0.39, 0.29) is 6.09 Å². The first-order chi connectivity index (χ1) is 8.35. The lowest BCUT2D eigenvalue weighted by atomic mass is 10.2. The van der Waals surface area contributed by atoms with Crippen molar-refractivity contribution in [2.45, 2.75) is 39.7 Å². The van der Waals surface area contributed by atoms with Crippen LogP contribution in [0.15, 0.2) is 0 Å². The zero-order chi connectivity index (χ0) is 14.0. The summed E-state index contributed by atoms with van der Waals surface area (Å²) in [5.74, 6) is 0.508. The molecule has 0 aromatic heterocycles. The molecule has 0 heterocycles. The second-order valence-corrected chi connectivity index (χ2v) is 5.55. The number of alkyl carbamates (subject to hydrolysis) is 1. The Morgan fingerprint density at radius 3 is 2.50 bits per heavy atom. The van der Waals surface area contributed by atoms with E-state index in [1.165, 1.54) is 0 Å². The first-order valence-corrected chi connectivity index (χ1v) is 6.51. The molecule has 0 bridgehead atoms. The lowest BCUT2D eigenvalue weighted by Crippen LogP contribution is -2.34. The number of nitrogens with one attached hydrogen (secondary N) is 2. The van der Waals surface area contributed by atoms with Gasteiger partial charge in [0.2, 0.25) is 0 Å². The summed E-state index contributed by atoms with van der Waals surface area (Å²) in [5.41, 5.74) is -0.433. The van der Waals surface area contributed by atoms with Crippen molar-refractivity contribution in [3.63, 3.8) is 0 Å². The van der Waals surface area contributed by atoms with Gasteiger partial charge < -0.3 is 20.1 Å². The van der Waals surface area contributed by atoms with E-state index in [0.29, 0.717) is 12.5 Å². The first kappa shape index (κ1) is 17.2. The van der Waals surface area contributed by atoms with Crippen molar-refractivity contribution in [1.29, 1.82) is 0 Å². The van der Waals surface area contributed by atoms with Crippen molar-refractivity contribution >= 4 is 6.09 Å². The predicted molar refractivity (Wildman–Crippen MR) is 72.8 cm³/mol. The Morgan fingerprint density at radius 2 is 1.94 bits per heavy atom. The molecule has 5 heteroatoms. The van der Waals surface area contributed by atoms with Gasteiger partial charge in [0.05, 0.1) is 0 Å². The molecular formula is C13H28N2O3. The van der Waals surface area contributed by atoms with Crippen LogP contribution in [0, 0.1) is 5.92 Å². The summed E-state index contributed by atoms with van der Waals surface area (Å²) < 4.78 is 10.2. The first-order valence-electron chi connectivity index (χ1n) is 6.51. The Bertz CT molecular complexity index is 227. The van der Waals surface area contributed by atoms with Gasteiger partial charge in [0.1, 0.15) is 5.60 Å². The fourth-order valence-electron chi connectivity index (χ4n) is 1.41. The van der Waals surface area contributed by atoms with E-state index < -0.39 is 5.60 Å². The third-order valence-corrected chi connectivity index (χ3v) is 2.14. The minimum absolute atomic E-state index is 0.352. The van der Waals surface area contributed by atoms with Crippen LogP contribution in [0.5, 0.6) is 0 Å². The van der Waals surface area contributed by atoms with Crippen LogP contribution >= 0.6 is 0 Å². The smallest absolute Gasteiger partial charge is 0.407 e. The molecule has 1 atom stereocenters. The van der Waals surface area contributed by atoms with Gasteiger partial charge in [0.15, 0.2) is 0 Å². The summed E-state index contributed by atoms with van der Waals surface area (Å²) in [4.78, 5) is 11.3. The Morgan fingerprint density at radius 1 is 1.28 bits per heavy atom. The highest BCUT2D eigenvalue weighted by molar-refractivity contribution is 5.67. The van der Waals surface area contributed by atoms with Crippen LogP contribution in [0.2, 0.25) is 0 Å². The maximum atomic E-state index is 11.3. The van der Waals surface area contributed by atoms with Crippen molar-refractivity contribution in [3.05, 3.63) is 0 Å². The number of rotatable bonds is 8. The lowest BCUT2D eigenvalue weighted by Gasteiger charge is -2.19. The molecule has 0 saturated carbocycles. The van der Waals surface area contributed by atoms with E-state index >= 15 is 0 Å². The number of hydrogen-bond donors (Lipinski definition) is 2. The third-order valence-electron chi connectivity index (χ3n) is 2.14. The SMILES string of the molecule is COCC(C)CNCCCNC(=O)OC(C)(C)C. The van der Waals surface area contributed by atoms with Crippen molar-refractivity contribution in [2.24, 2.45) is 5.92 Å². The molecule has 0 saturated heterocycles. The van der Waals surface area contributed by atoms with Crippen LogP contribution in [0.1, 0.15) is 34.1 Å². The fourth-order valence-corrected chi connectivity index (χ4v) is 1.41. The summed E-state index contributed by atoms with van der Waals surface area (Å²) in [6, 6.07) is 0. The van der Waals surface area contributed by atoms with Crippen molar-refractivity contribution in [1.82, 2.24) is 10.6 Å². The predicted octanol–water partition coefficient (Wildman–Crippen LogP) is 1.77. The molecule has 0 aliphatic heterocycles. The van der Waals surface area contributed by atoms with Gasteiger partial charge in [-0.15, -0.1) is 0 Å². The molecule has 1 unspecified atom stereocenters. The molecule has 0 rings (SSSR count). The Labute approximate surface area is 111 Å². The standard InChI is InChI=1S/C13H28N2O3/c1-11(10-17-5)9-14-7-6-8-15-12(16)18-13(2,3)4/h11,14H,6-10H2,1-5H3,(H,15,16). The summed E-state index contributed by atoms with van der Waals surface area (Å²) in [6.07, 6.45) is 0.536. The zero-order valence-electron chi connectivity index (χ0n) is 12.3. The number of ether oxygens (including phenoxy) is 2. The van der Waals surface area contributed by atoms with Gasteiger partial charge in [-0.05, 0) is 46.2 Å². The van der Waals surface area contributed by atoms with Gasteiger partial charge in [-0.3, -0.25) is 0 Å². The van der Waals surface area contributed by atoms with Gasteiger partial charge in [-0.25, -0.2) is 4.79 Å². The maximum Gasteiger partial charge on any atom is 0.407 e. The van der Waals surface area contributed by atoms with Crippen LogP contribution in [-0.4, -0.2) is 45.0 Å². The van der Waals surface area contributed by atoms with E-state index in [9.17, 15) is 4.79 Å². The minimum Gasteiger partial charge on any atom is -0.444 e. The Hall–Kier alpha value is -0.810. The van der Waals surface area contributed by atoms with E-state index in [1.54, 1.807) is 7.11 Å². The lowest BCUT2D eigenvalue weighted by molar-refractivity contribution is 0.0527. The van der Waals surface area contributed by atoms with Crippen LogP contribution in [0.4, 0.5) is 4.79 Å². The van der Waals surface area contributed by atoms with Gasteiger partial charge >= 0.3 is 6.09 Å². The number of carbonyl (C=O) groups excluding carboxylic acids is 1. The van der Waals surface area contributed by atoms with Gasteiger partial charge in [-0.1, -0.05) is 6.92 Å². The van der Waals surface area contributed by atoms with Crippen molar-refractivity contribution in [2.75, 3.05) is 33.4 Å². The topological polar surface area (TPSA) is 59.6 Å². The van der Waals surface area contributed by atoms with E-state index in [4.69, 9.17) is 9.47 Å². The molecule has 0 aliphatic rings. The summed E-state index contributed by atoms with van der Waals surface area (Å²) >= 11 is 0. The average molecular weight is 260 g/mol. The van der Waals surface area contributed by atoms with Gasteiger partial charge in [0, 0.05) is 20.3 Å². The van der Waals surface area contributed by atoms with Crippen molar-refractivity contribution < 1.29 is 14.3 Å². The largest absolute Gasteiger partial charge is 0.444 e. The van der Waals surface area contributed by atoms with E-state index in [2.05, 4.69) is 17.6 Å². The molecule has 108 valence electrons. The molecule has 0 radical (unpaired) electrons. The van der Waals surface area contributed by atoms with Crippen LogP contribution in [0.25, 0.3) is 0 Å². The minimum atomic E-state index is -0.433. The van der Waals surface area contributed by atoms with E-state index in [0.717, 1.165) is 26.1 Å². The van der Waals surface area contributed by atoms with Gasteiger partial charge in [-0.2, -0.15) is 0 Å². The molecule has 2 N–H and O–H groups in total. The quantitative estimate of drug-likeness (QED) is 0.653. The highest BCUT2D eigenvalue weighted by Crippen LogP contribution is 2.06. The monoisotopic (exact) mass is 260 g/mol. The van der Waals surface area contributed by atoms with E-state index in [1.807, 2.05) is 20.8 Å². The molecule has 0 fully saturated rings. The molecular weight excluding hydrogens is 232 g/mol. The Kier molecular flexibility index (Phi) is 8.75. The van der Waals surface area contributed by atoms with Gasteiger partial charge in [0.25, 0.3) is 0 Å². The molecule has 0 spiro atoms. The highest BCUT2D eigenvalue weighted by Gasteiger charge is 2.15. The third kappa shape index (κ3) is 11.7. The molecule has 0 aliphatic carbocycles. The fraction of sp³-hybridized carbons (Fsp3) is 0.923. The number of methoxy groups -OCH3 is 1. The Balaban J connectivity index is 3.38. The molecule has 18 heavy (non-hydrogen) atoms. The van der Waals surface area contributed by atoms with Crippen LogP contribution < -0.4 is 10.6 Å². The zero-order valence-corrected chi connectivity index (χ0v) is 12.3. The molecule has 0 aromatic rings. The van der Waals surface area contributed by atoms with Crippen LogP contribution in [0.3, 0.4) is 0 Å². The normalized spacial score (nSPS) is 13.2. The van der Waals surface area contributed by atoms with Crippen molar-refractivity contribution in [3.8, 4) is 0 Å². The maximum absolute atomic E-state index is 11.3. The average Bonchev–Trinajstić information content (AvgIpc) is 2.21. The van der Waals surface area contributed by atoms with Crippen LogP contribution in [-0.2, 0) is 9.47 Å². The number of amides is 1. The summed E-state index contributed by atoms with van der Waals surface area (Å²) in [7, 11) is 1.71. The second-order valence-electron chi connectivity index (χ2n) is 5.55. The molecule has 5 nitrogen and oxygen atoms in total. The number of hydrogen-bond acceptors (Lipinski definition) is 4. The summed E-state index contributed by atoms with van der Waals surface area (Å²) in [5, 5.41) is 6.05. The molecule has 0 aromatic carbocycles. The number of carbonyl (C=O) groups is 1. The molecule has 1 amide bonds. The second kappa shape index (κ2) is 9.16. The highest BCUT2D eigenvalue weighted by atomic mass is 16.6.